The van der Waals surface area contributed by atoms with Gasteiger partial charge in [0.15, 0.2) is 0 Å². The van der Waals surface area contributed by atoms with E-state index in [1.54, 1.807) is 42.7 Å². The highest BCUT2D eigenvalue weighted by molar-refractivity contribution is 5.90. The van der Waals surface area contributed by atoms with Crippen LogP contribution in [0.25, 0.3) is 22.4 Å². The zero-order valence-corrected chi connectivity index (χ0v) is 14.1. The van der Waals surface area contributed by atoms with E-state index in [4.69, 9.17) is 5.73 Å². The molecule has 3 rings (SSSR count). The maximum atomic E-state index is 12.7. The Morgan fingerprint density at radius 1 is 1.15 bits per heavy atom. The molecule has 26 heavy (non-hydrogen) atoms. The first-order chi connectivity index (χ1) is 12.1. The van der Waals surface area contributed by atoms with Crippen molar-refractivity contribution in [3.8, 4) is 11.4 Å². The van der Waals surface area contributed by atoms with Gasteiger partial charge >= 0.3 is 6.18 Å². The van der Waals surface area contributed by atoms with Crippen LogP contribution in [0.5, 0.6) is 0 Å². The van der Waals surface area contributed by atoms with Crippen molar-refractivity contribution in [2.45, 2.75) is 31.5 Å². The lowest BCUT2D eigenvalue weighted by Gasteiger charge is -2.31. The molecule has 0 aliphatic carbocycles. The molecule has 8 heteroatoms. The molecule has 0 amide bonds. The number of rotatable bonds is 4. The monoisotopic (exact) mass is 362 g/mol. The molecular weight excluding hydrogens is 345 g/mol. The fourth-order valence-electron chi connectivity index (χ4n) is 2.74. The van der Waals surface area contributed by atoms with Crippen LogP contribution in [0.4, 0.5) is 13.2 Å². The molecule has 1 aromatic carbocycles. The molecule has 0 aliphatic rings. The van der Waals surface area contributed by atoms with E-state index in [2.05, 4.69) is 15.0 Å². The number of hydrogen-bond acceptors (Lipinski definition) is 4. The summed E-state index contributed by atoms with van der Waals surface area (Å²) in [5, 5.41) is 0. The number of nitrogens with one attached hydrogen (secondary N) is 1. The van der Waals surface area contributed by atoms with E-state index in [1.165, 1.54) is 13.8 Å². The van der Waals surface area contributed by atoms with Crippen molar-refractivity contribution in [3.63, 3.8) is 0 Å². The summed E-state index contributed by atoms with van der Waals surface area (Å²) < 4.78 is 38.2. The Hall–Kier alpha value is -2.74. The summed E-state index contributed by atoms with van der Waals surface area (Å²) in [5.74, 6) is -1.32. The Bertz CT molecular complexity index is 948. The smallest absolute Gasteiger partial charge is 0.338 e. The predicted octanol–water partition coefficient (Wildman–Crippen LogP) is 3.36. The van der Waals surface area contributed by atoms with Crippen LogP contribution in [0.15, 0.2) is 42.7 Å². The first-order valence-corrected chi connectivity index (χ1v) is 7.88. The highest BCUT2D eigenvalue weighted by Gasteiger charge is 2.47. The molecule has 1 unspecified atom stereocenters. The van der Waals surface area contributed by atoms with E-state index in [0.29, 0.717) is 16.9 Å². The largest absolute Gasteiger partial charge is 0.451 e. The number of ketones is 1. The molecule has 0 spiro atoms. The SMILES string of the molecule is CC(C)(c1ccc2[nH]c(-c3ccncc3)nc2c1)C(N)C(=O)C(F)(F)F. The van der Waals surface area contributed by atoms with E-state index in [0.717, 1.165) is 11.1 Å². The third kappa shape index (κ3) is 3.20. The second-order valence-corrected chi connectivity index (χ2v) is 6.61. The topological polar surface area (TPSA) is 84.7 Å². The van der Waals surface area contributed by atoms with Gasteiger partial charge in [-0.2, -0.15) is 13.2 Å². The molecule has 5 nitrogen and oxygen atoms in total. The number of benzene rings is 1. The Morgan fingerprint density at radius 2 is 1.81 bits per heavy atom. The number of carbonyl (C=O) groups excluding carboxylic acids is 1. The van der Waals surface area contributed by atoms with E-state index >= 15 is 0 Å². The highest BCUT2D eigenvalue weighted by Crippen LogP contribution is 2.32. The Labute approximate surface area is 147 Å². The molecule has 3 aromatic rings. The number of fused-ring (bicyclic) bond motifs is 1. The fourth-order valence-corrected chi connectivity index (χ4v) is 2.74. The molecule has 0 fully saturated rings. The van der Waals surface area contributed by atoms with E-state index in [9.17, 15) is 18.0 Å². The van der Waals surface area contributed by atoms with Crippen molar-refractivity contribution in [2.24, 2.45) is 5.73 Å². The fraction of sp³-hybridized carbons (Fsp3) is 0.278. The van der Waals surface area contributed by atoms with Crippen LogP contribution < -0.4 is 5.73 Å². The number of aromatic nitrogens is 3. The van der Waals surface area contributed by atoms with E-state index in [-0.39, 0.29) is 0 Å². The van der Waals surface area contributed by atoms with E-state index < -0.39 is 23.4 Å². The Morgan fingerprint density at radius 3 is 2.42 bits per heavy atom. The van der Waals surface area contributed by atoms with Gasteiger partial charge in [0.05, 0.1) is 17.1 Å². The number of Topliss-reactive ketones (excluding diaryl/α,β-unsaturated/α-hetero) is 1. The maximum absolute atomic E-state index is 12.7. The lowest BCUT2D eigenvalue weighted by molar-refractivity contribution is -0.173. The third-order valence-corrected chi connectivity index (χ3v) is 4.52. The molecule has 0 saturated carbocycles. The van der Waals surface area contributed by atoms with Gasteiger partial charge in [0, 0.05) is 23.4 Å². The molecule has 0 radical (unpaired) electrons. The Balaban J connectivity index is 1.99. The van der Waals surface area contributed by atoms with Crippen LogP contribution in [0.1, 0.15) is 19.4 Å². The molecule has 0 saturated heterocycles. The number of halogens is 3. The lowest BCUT2D eigenvalue weighted by Crippen LogP contribution is -2.51. The summed E-state index contributed by atoms with van der Waals surface area (Å²) in [7, 11) is 0. The molecule has 1 atom stereocenters. The van der Waals surface area contributed by atoms with Crippen molar-refractivity contribution < 1.29 is 18.0 Å². The van der Waals surface area contributed by atoms with Crippen molar-refractivity contribution in [3.05, 3.63) is 48.3 Å². The average molecular weight is 362 g/mol. The predicted molar refractivity (Wildman–Crippen MR) is 91.4 cm³/mol. The summed E-state index contributed by atoms with van der Waals surface area (Å²) in [4.78, 5) is 23.1. The quantitative estimate of drug-likeness (QED) is 0.745. The van der Waals surface area contributed by atoms with Crippen LogP contribution in [0.2, 0.25) is 0 Å². The molecule has 2 heterocycles. The van der Waals surface area contributed by atoms with Gasteiger partial charge in [0.25, 0.3) is 5.78 Å². The summed E-state index contributed by atoms with van der Waals surface area (Å²) in [5.41, 5.74) is 7.08. The summed E-state index contributed by atoms with van der Waals surface area (Å²) in [6.45, 7) is 3.03. The average Bonchev–Trinajstić information content (AvgIpc) is 3.03. The number of pyridine rings is 1. The van der Waals surface area contributed by atoms with Gasteiger partial charge in [-0.3, -0.25) is 9.78 Å². The van der Waals surface area contributed by atoms with Crippen molar-refractivity contribution >= 4 is 16.8 Å². The van der Waals surface area contributed by atoms with Gasteiger partial charge in [0.2, 0.25) is 0 Å². The first-order valence-electron chi connectivity index (χ1n) is 7.88. The minimum absolute atomic E-state index is 0.503. The molecule has 0 aliphatic heterocycles. The van der Waals surface area contributed by atoms with E-state index in [1.807, 2.05) is 0 Å². The second-order valence-electron chi connectivity index (χ2n) is 6.61. The maximum Gasteiger partial charge on any atom is 0.451 e. The Kier molecular flexibility index (Phi) is 4.31. The van der Waals surface area contributed by atoms with Crippen LogP contribution in [0, 0.1) is 0 Å². The number of aromatic amines is 1. The van der Waals surface area contributed by atoms with Gasteiger partial charge < -0.3 is 10.7 Å². The van der Waals surface area contributed by atoms with Crippen molar-refractivity contribution in [1.29, 1.82) is 0 Å². The second kappa shape index (κ2) is 6.21. The van der Waals surface area contributed by atoms with Gasteiger partial charge in [-0.1, -0.05) is 19.9 Å². The summed E-state index contributed by atoms with van der Waals surface area (Å²) in [6, 6.07) is 6.90. The minimum Gasteiger partial charge on any atom is -0.338 e. The third-order valence-electron chi connectivity index (χ3n) is 4.52. The molecule has 2 aromatic heterocycles. The molecule has 3 N–H and O–H groups in total. The molecule has 136 valence electrons. The highest BCUT2D eigenvalue weighted by atomic mass is 19.4. The summed E-state index contributed by atoms with van der Waals surface area (Å²) >= 11 is 0. The normalized spacial score (nSPS) is 13.8. The molecule has 0 bridgehead atoms. The minimum atomic E-state index is -4.97. The number of H-pyrrole nitrogens is 1. The standard InChI is InChI=1S/C18H17F3N4O/c1-17(2,14(22)15(26)18(19,20)21)11-3-4-12-13(9-11)25-16(24-12)10-5-7-23-8-6-10/h3-9,14H,22H2,1-2H3,(H,24,25). The summed E-state index contributed by atoms with van der Waals surface area (Å²) in [6.07, 6.45) is -1.70. The first kappa shape index (κ1) is 18.1. The van der Waals surface area contributed by atoms with Gasteiger partial charge in [0.1, 0.15) is 5.82 Å². The number of carbonyl (C=O) groups is 1. The van der Waals surface area contributed by atoms with Crippen molar-refractivity contribution in [2.75, 3.05) is 0 Å². The number of nitrogens with two attached hydrogens (primary N) is 1. The van der Waals surface area contributed by atoms with Crippen LogP contribution in [0.3, 0.4) is 0 Å². The van der Waals surface area contributed by atoms with Crippen molar-refractivity contribution in [1.82, 2.24) is 15.0 Å². The van der Waals surface area contributed by atoms with Gasteiger partial charge in [-0.25, -0.2) is 4.98 Å². The number of imidazole rings is 1. The van der Waals surface area contributed by atoms with Gasteiger partial charge in [-0.05, 0) is 29.8 Å². The van der Waals surface area contributed by atoms with Crippen LogP contribution in [-0.2, 0) is 10.2 Å². The number of nitrogens with zero attached hydrogens (tertiary/aromatic N) is 2. The van der Waals surface area contributed by atoms with Gasteiger partial charge in [-0.15, -0.1) is 0 Å². The molecular formula is C18H17F3N4O. The zero-order valence-electron chi connectivity index (χ0n) is 14.1. The number of hydrogen-bond donors (Lipinski definition) is 2. The van der Waals surface area contributed by atoms with Crippen LogP contribution in [-0.4, -0.2) is 33.0 Å². The zero-order chi connectivity index (χ0) is 19.1. The number of alkyl halides is 3. The van der Waals surface area contributed by atoms with Crippen LogP contribution >= 0.6 is 0 Å². The lowest BCUT2D eigenvalue weighted by atomic mass is 9.76.